The Balaban J connectivity index is 2.01. The highest BCUT2D eigenvalue weighted by molar-refractivity contribution is 7.92. The summed E-state index contributed by atoms with van der Waals surface area (Å²) in [5.74, 6) is 0.389. The Morgan fingerprint density at radius 2 is 1.88 bits per heavy atom. The number of rotatable bonds is 4. The number of hydrogen-bond donors (Lipinski definition) is 1. The van der Waals surface area contributed by atoms with Crippen molar-refractivity contribution in [1.29, 1.82) is 0 Å². The first-order valence-corrected chi connectivity index (χ1v) is 9.72. The molecule has 2 aromatic rings. The zero-order valence-electron chi connectivity index (χ0n) is 15.2. The molecule has 0 fully saturated rings. The highest BCUT2D eigenvalue weighted by Gasteiger charge is 2.37. The van der Waals surface area contributed by atoms with E-state index in [1.807, 2.05) is 13.8 Å². The van der Waals surface area contributed by atoms with Crippen LogP contribution in [0.25, 0.3) is 0 Å². The van der Waals surface area contributed by atoms with Gasteiger partial charge in [0, 0.05) is 24.6 Å². The third-order valence-corrected chi connectivity index (χ3v) is 5.95. The average Bonchev–Trinajstić information content (AvgIpc) is 2.86. The Hall–Kier alpha value is -2.54. The van der Waals surface area contributed by atoms with Gasteiger partial charge in [-0.1, -0.05) is 26.0 Å². The lowest BCUT2D eigenvalue weighted by Crippen LogP contribution is -2.31. The molecular formula is C19H22N2O4S. The molecule has 1 heterocycles. The van der Waals surface area contributed by atoms with Gasteiger partial charge in [0.25, 0.3) is 10.0 Å². The quantitative estimate of drug-likeness (QED) is 0.892. The lowest BCUT2D eigenvalue weighted by Gasteiger charge is -2.19. The van der Waals surface area contributed by atoms with Crippen molar-refractivity contribution in [2.45, 2.75) is 31.1 Å². The molecule has 1 aliphatic rings. The first-order chi connectivity index (χ1) is 12.2. The molecule has 138 valence electrons. The normalized spacial score (nSPS) is 15.5. The number of hydrogen-bond acceptors (Lipinski definition) is 4. The number of carbonyl (C=O) groups excluding carboxylic acids is 1. The molecule has 0 spiro atoms. The van der Waals surface area contributed by atoms with Crippen LogP contribution in [0.3, 0.4) is 0 Å². The molecule has 7 heteroatoms. The highest BCUT2D eigenvalue weighted by atomic mass is 32.2. The molecule has 0 saturated heterocycles. The number of nitrogens with zero attached hydrogens (tertiary/aromatic N) is 1. The smallest absolute Gasteiger partial charge is 0.262 e. The van der Waals surface area contributed by atoms with Crippen LogP contribution in [0, 0.1) is 0 Å². The predicted molar refractivity (Wildman–Crippen MR) is 101 cm³/mol. The second-order valence-corrected chi connectivity index (χ2v) is 8.66. The van der Waals surface area contributed by atoms with E-state index in [1.165, 1.54) is 20.1 Å². The van der Waals surface area contributed by atoms with Crippen molar-refractivity contribution >= 4 is 27.3 Å². The van der Waals surface area contributed by atoms with E-state index in [4.69, 9.17) is 4.74 Å². The van der Waals surface area contributed by atoms with E-state index in [0.29, 0.717) is 18.0 Å². The zero-order valence-corrected chi connectivity index (χ0v) is 16.1. The van der Waals surface area contributed by atoms with Gasteiger partial charge in [-0.2, -0.15) is 0 Å². The fraction of sp³-hybridized carbons (Fsp3) is 0.316. The Labute approximate surface area is 153 Å². The first kappa shape index (κ1) is 18.3. The van der Waals surface area contributed by atoms with Crippen molar-refractivity contribution in [3.63, 3.8) is 0 Å². The van der Waals surface area contributed by atoms with Gasteiger partial charge in [0.1, 0.15) is 5.75 Å². The molecule has 0 saturated carbocycles. The summed E-state index contributed by atoms with van der Waals surface area (Å²) in [5.41, 5.74) is 1.66. The molecule has 0 aromatic heterocycles. The molecule has 1 N–H and O–H groups in total. The lowest BCUT2D eigenvalue weighted by atomic mass is 9.87. The number of ether oxygens (including phenoxy) is 1. The van der Waals surface area contributed by atoms with Crippen molar-refractivity contribution in [3.8, 4) is 5.75 Å². The van der Waals surface area contributed by atoms with E-state index < -0.39 is 10.0 Å². The van der Waals surface area contributed by atoms with Gasteiger partial charge in [0.15, 0.2) is 0 Å². The first-order valence-electron chi connectivity index (χ1n) is 8.24. The van der Waals surface area contributed by atoms with Gasteiger partial charge in [-0.15, -0.1) is 0 Å². The Morgan fingerprint density at radius 1 is 1.19 bits per heavy atom. The van der Waals surface area contributed by atoms with Gasteiger partial charge in [0.2, 0.25) is 5.91 Å². The summed E-state index contributed by atoms with van der Waals surface area (Å²) in [6.07, 6.45) is 0. The highest BCUT2D eigenvalue weighted by Crippen LogP contribution is 2.41. The molecule has 6 nitrogen and oxygen atoms in total. The van der Waals surface area contributed by atoms with Crippen LogP contribution in [0.15, 0.2) is 47.4 Å². The van der Waals surface area contributed by atoms with Gasteiger partial charge in [-0.3, -0.25) is 9.52 Å². The van der Waals surface area contributed by atoms with Crippen molar-refractivity contribution in [2.24, 2.45) is 0 Å². The van der Waals surface area contributed by atoms with Gasteiger partial charge in [0.05, 0.1) is 17.7 Å². The lowest BCUT2D eigenvalue weighted by molar-refractivity contribution is -0.116. The number of para-hydroxylation sites is 2. The van der Waals surface area contributed by atoms with Crippen LogP contribution in [0.5, 0.6) is 5.75 Å². The van der Waals surface area contributed by atoms with E-state index in [2.05, 4.69) is 4.72 Å². The van der Waals surface area contributed by atoms with Crippen LogP contribution in [0.4, 0.5) is 11.4 Å². The van der Waals surface area contributed by atoms with Gasteiger partial charge >= 0.3 is 0 Å². The van der Waals surface area contributed by atoms with Gasteiger partial charge in [-0.25, -0.2) is 8.42 Å². The summed E-state index contributed by atoms with van der Waals surface area (Å²) in [5, 5.41) is 0. The van der Waals surface area contributed by atoms with Crippen LogP contribution in [0.2, 0.25) is 0 Å². The number of carbonyl (C=O) groups is 1. The van der Waals surface area contributed by atoms with Crippen molar-refractivity contribution in [2.75, 3.05) is 23.3 Å². The van der Waals surface area contributed by atoms with E-state index >= 15 is 0 Å². The van der Waals surface area contributed by atoms with Gasteiger partial charge < -0.3 is 9.64 Å². The summed E-state index contributed by atoms with van der Waals surface area (Å²) >= 11 is 0. The number of anilines is 2. The zero-order chi connectivity index (χ0) is 19.1. The molecule has 0 bridgehead atoms. The van der Waals surface area contributed by atoms with Crippen LogP contribution >= 0.6 is 0 Å². The molecule has 0 radical (unpaired) electrons. The summed E-state index contributed by atoms with van der Waals surface area (Å²) in [6, 6.07) is 11.7. The second kappa shape index (κ2) is 6.32. The maximum Gasteiger partial charge on any atom is 0.262 e. The number of benzene rings is 2. The number of nitrogens with one attached hydrogen (secondary N) is 1. The monoisotopic (exact) mass is 374 g/mol. The molecule has 1 aliphatic heterocycles. The molecule has 0 unspecified atom stereocenters. The van der Waals surface area contributed by atoms with E-state index in [0.717, 1.165) is 11.3 Å². The SMILES string of the molecule is COc1ccccc1NS(=O)(=O)c1ccc2c(c1)C(C)(C)CN2C(C)=O. The Kier molecular flexibility index (Phi) is 4.44. The minimum Gasteiger partial charge on any atom is -0.495 e. The predicted octanol–water partition coefficient (Wildman–Crippen LogP) is 3.14. The van der Waals surface area contributed by atoms with E-state index in [-0.39, 0.29) is 16.2 Å². The molecule has 0 aliphatic carbocycles. The van der Waals surface area contributed by atoms with Crippen LogP contribution in [-0.4, -0.2) is 28.0 Å². The molecule has 2 aromatic carbocycles. The maximum atomic E-state index is 12.8. The number of sulfonamides is 1. The Morgan fingerprint density at radius 3 is 2.54 bits per heavy atom. The van der Waals surface area contributed by atoms with Crippen molar-refractivity contribution in [1.82, 2.24) is 0 Å². The van der Waals surface area contributed by atoms with Crippen LogP contribution in [-0.2, 0) is 20.2 Å². The summed E-state index contributed by atoms with van der Waals surface area (Å²) in [7, 11) is -2.30. The van der Waals surface area contributed by atoms with E-state index in [1.54, 1.807) is 41.3 Å². The molecular weight excluding hydrogens is 352 g/mol. The fourth-order valence-corrected chi connectivity index (χ4v) is 4.34. The largest absolute Gasteiger partial charge is 0.495 e. The van der Waals surface area contributed by atoms with Crippen molar-refractivity contribution in [3.05, 3.63) is 48.0 Å². The third kappa shape index (κ3) is 3.14. The number of amides is 1. The summed E-state index contributed by atoms with van der Waals surface area (Å²) in [6.45, 7) is 6.04. The minimum absolute atomic E-state index is 0.0559. The van der Waals surface area contributed by atoms with Gasteiger partial charge in [-0.05, 0) is 35.9 Å². The van der Waals surface area contributed by atoms with Crippen LogP contribution in [0.1, 0.15) is 26.3 Å². The fourth-order valence-electron chi connectivity index (χ4n) is 3.24. The maximum absolute atomic E-state index is 12.8. The third-order valence-electron chi connectivity index (χ3n) is 4.58. The number of fused-ring (bicyclic) bond motifs is 1. The molecule has 1 amide bonds. The molecule has 26 heavy (non-hydrogen) atoms. The Bertz CT molecular complexity index is 967. The topological polar surface area (TPSA) is 75.7 Å². The summed E-state index contributed by atoms with van der Waals surface area (Å²) < 4.78 is 33.5. The molecule has 3 rings (SSSR count). The summed E-state index contributed by atoms with van der Waals surface area (Å²) in [4.78, 5) is 13.7. The second-order valence-electron chi connectivity index (χ2n) is 6.97. The molecule has 0 atom stereocenters. The van der Waals surface area contributed by atoms with Crippen molar-refractivity contribution < 1.29 is 17.9 Å². The average molecular weight is 374 g/mol. The standard InChI is InChI=1S/C19H22N2O4S/c1-13(22)21-12-19(2,3)15-11-14(9-10-17(15)21)26(23,24)20-16-7-5-6-8-18(16)25-4/h5-11,20H,12H2,1-4H3. The van der Waals surface area contributed by atoms with E-state index in [9.17, 15) is 13.2 Å². The number of methoxy groups -OCH3 is 1. The van der Waals surface area contributed by atoms with Crippen LogP contribution < -0.4 is 14.4 Å². The minimum atomic E-state index is -3.79.